The number of carboxylic acid groups (broad SMARTS) is 1. The molecule has 1 aliphatic heterocycles. The molecule has 5 rings (SSSR count). The standard InChI is InChI=1S/C26H26FN3O4/c27-21-5-3-4-20(14-21)26(11-1-2-12-26)13-10-23-28-24(29-34-23)19-8-6-18(7-9-19)15-30-16-22(17-30)33-25(31)32/h3-10,13-14,22H,1-2,11-12,15-17H2,(H,31,32)/b13-10+. The molecule has 2 heterocycles. The van der Waals surface area contributed by atoms with Crippen LogP contribution in [0.2, 0.25) is 0 Å². The maximum absolute atomic E-state index is 13.8. The summed E-state index contributed by atoms with van der Waals surface area (Å²) in [7, 11) is 0. The monoisotopic (exact) mass is 463 g/mol. The summed E-state index contributed by atoms with van der Waals surface area (Å²) in [6.45, 7) is 1.93. The van der Waals surface area contributed by atoms with Gasteiger partial charge >= 0.3 is 6.16 Å². The lowest BCUT2D eigenvalue weighted by molar-refractivity contribution is -0.0363. The van der Waals surface area contributed by atoms with Crippen LogP contribution in [0.25, 0.3) is 17.5 Å². The molecular weight excluding hydrogens is 437 g/mol. The van der Waals surface area contributed by atoms with E-state index in [1.54, 1.807) is 12.1 Å². The summed E-state index contributed by atoms with van der Waals surface area (Å²) in [5.41, 5.74) is 2.74. The van der Waals surface area contributed by atoms with E-state index in [9.17, 15) is 9.18 Å². The average Bonchev–Trinajstić information content (AvgIpc) is 3.47. The first-order valence-corrected chi connectivity index (χ1v) is 11.5. The number of ether oxygens (including phenoxy) is 1. The lowest BCUT2D eigenvalue weighted by Gasteiger charge is -2.37. The second-order valence-corrected chi connectivity index (χ2v) is 9.06. The molecule has 1 saturated heterocycles. The summed E-state index contributed by atoms with van der Waals surface area (Å²) in [5.74, 6) is 0.714. The fourth-order valence-corrected chi connectivity index (χ4v) is 4.89. The molecule has 34 heavy (non-hydrogen) atoms. The molecule has 2 aromatic carbocycles. The van der Waals surface area contributed by atoms with Crippen molar-refractivity contribution in [3.63, 3.8) is 0 Å². The van der Waals surface area contributed by atoms with Crippen molar-refractivity contribution >= 4 is 12.2 Å². The number of nitrogens with zero attached hydrogens (tertiary/aromatic N) is 3. The molecule has 2 aliphatic rings. The number of benzene rings is 2. The molecule has 1 saturated carbocycles. The van der Waals surface area contributed by atoms with Gasteiger partial charge in [0.1, 0.15) is 11.9 Å². The Bertz CT molecular complexity index is 1180. The van der Waals surface area contributed by atoms with E-state index in [-0.39, 0.29) is 17.3 Å². The third-order valence-electron chi connectivity index (χ3n) is 6.69. The summed E-state index contributed by atoms with van der Waals surface area (Å²) in [6, 6.07) is 14.7. The van der Waals surface area contributed by atoms with E-state index in [4.69, 9.17) is 14.4 Å². The molecule has 7 nitrogen and oxygen atoms in total. The molecule has 1 aliphatic carbocycles. The fourth-order valence-electron chi connectivity index (χ4n) is 4.89. The average molecular weight is 464 g/mol. The Morgan fingerprint density at radius 1 is 1.21 bits per heavy atom. The van der Waals surface area contributed by atoms with Gasteiger partial charge in [-0.25, -0.2) is 9.18 Å². The van der Waals surface area contributed by atoms with Gasteiger partial charge in [0.2, 0.25) is 5.82 Å². The van der Waals surface area contributed by atoms with E-state index < -0.39 is 6.16 Å². The smallest absolute Gasteiger partial charge is 0.450 e. The van der Waals surface area contributed by atoms with Crippen molar-refractivity contribution < 1.29 is 23.6 Å². The van der Waals surface area contributed by atoms with Gasteiger partial charge in [0.15, 0.2) is 0 Å². The van der Waals surface area contributed by atoms with Gasteiger partial charge in [-0.1, -0.05) is 60.5 Å². The molecule has 0 spiro atoms. The zero-order valence-electron chi connectivity index (χ0n) is 18.7. The highest BCUT2D eigenvalue weighted by Crippen LogP contribution is 2.43. The van der Waals surface area contributed by atoms with Crippen molar-refractivity contribution in [3.05, 3.63) is 77.4 Å². The van der Waals surface area contributed by atoms with Gasteiger partial charge in [0.25, 0.3) is 5.89 Å². The molecular formula is C26H26FN3O4. The van der Waals surface area contributed by atoms with Crippen LogP contribution in [0.5, 0.6) is 0 Å². The minimum Gasteiger partial charge on any atom is -0.450 e. The molecule has 0 bridgehead atoms. The molecule has 0 amide bonds. The predicted molar refractivity (Wildman–Crippen MR) is 123 cm³/mol. The SMILES string of the molecule is O=C(O)OC1CN(Cc2ccc(-c3noc(/C=C/C4(c5cccc(F)c5)CCCC4)n3)cc2)C1. The van der Waals surface area contributed by atoms with Crippen molar-refractivity contribution in [2.24, 2.45) is 0 Å². The highest BCUT2D eigenvalue weighted by atomic mass is 19.1. The van der Waals surface area contributed by atoms with Gasteiger partial charge in [-0.15, -0.1) is 0 Å². The van der Waals surface area contributed by atoms with Crippen LogP contribution in [0.4, 0.5) is 9.18 Å². The van der Waals surface area contributed by atoms with Gasteiger partial charge in [-0.05, 0) is 36.1 Å². The Morgan fingerprint density at radius 2 is 1.97 bits per heavy atom. The van der Waals surface area contributed by atoms with Crippen LogP contribution in [0.3, 0.4) is 0 Å². The molecule has 0 unspecified atom stereocenters. The summed E-state index contributed by atoms with van der Waals surface area (Å²) in [5, 5.41) is 12.8. The van der Waals surface area contributed by atoms with Gasteiger partial charge < -0.3 is 14.4 Å². The van der Waals surface area contributed by atoms with Crippen LogP contribution < -0.4 is 0 Å². The Hall–Kier alpha value is -3.52. The Morgan fingerprint density at radius 3 is 2.68 bits per heavy atom. The Balaban J connectivity index is 1.23. The Labute approximate surface area is 196 Å². The van der Waals surface area contributed by atoms with E-state index >= 15 is 0 Å². The normalized spacial score (nSPS) is 18.3. The largest absolute Gasteiger partial charge is 0.506 e. The van der Waals surface area contributed by atoms with Gasteiger partial charge in [-0.3, -0.25) is 4.90 Å². The van der Waals surface area contributed by atoms with E-state index in [2.05, 4.69) is 21.1 Å². The zero-order chi connectivity index (χ0) is 23.5. The number of hydrogen-bond acceptors (Lipinski definition) is 6. The van der Waals surface area contributed by atoms with E-state index in [0.29, 0.717) is 24.8 Å². The lowest BCUT2D eigenvalue weighted by atomic mass is 9.78. The second kappa shape index (κ2) is 9.38. The van der Waals surface area contributed by atoms with Crippen molar-refractivity contribution in [1.29, 1.82) is 0 Å². The first-order chi connectivity index (χ1) is 16.5. The number of carbonyl (C=O) groups is 1. The quantitative estimate of drug-likeness (QED) is 0.477. The zero-order valence-corrected chi connectivity index (χ0v) is 18.7. The molecule has 3 aromatic rings. The van der Waals surface area contributed by atoms with Crippen molar-refractivity contribution in [1.82, 2.24) is 15.0 Å². The van der Waals surface area contributed by atoms with Gasteiger partial charge in [0, 0.05) is 36.7 Å². The van der Waals surface area contributed by atoms with Crippen LogP contribution in [0.15, 0.2) is 59.1 Å². The molecule has 1 N–H and O–H groups in total. The maximum atomic E-state index is 13.8. The summed E-state index contributed by atoms with van der Waals surface area (Å²) < 4.78 is 24.0. The van der Waals surface area contributed by atoms with Crippen molar-refractivity contribution in [2.75, 3.05) is 13.1 Å². The van der Waals surface area contributed by atoms with E-state index in [1.165, 1.54) is 6.07 Å². The second-order valence-electron chi connectivity index (χ2n) is 9.06. The third kappa shape index (κ3) is 4.87. The molecule has 0 atom stereocenters. The number of aromatic nitrogens is 2. The van der Waals surface area contributed by atoms with E-state index in [1.807, 2.05) is 36.4 Å². The highest BCUT2D eigenvalue weighted by molar-refractivity contribution is 5.57. The number of likely N-dealkylation sites (tertiary alicyclic amines) is 1. The fraction of sp³-hybridized carbons (Fsp3) is 0.346. The summed E-state index contributed by atoms with van der Waals surface area (Å²) in [6.07, 6.45) is 6.61. The molecule has 8 heteroatoms. The molecule has 2 fully saturated rings. The Kier molecular flexibility index (Phi) is 6.15. The first kappa shape index (κ1) is 22.3. The number of halogens is 1. The first-order valence-electron chi connectivity index (χ1n) is 11.5. The summed E-state index contributed by atoms with van der Waals surface area (Å²) in [4.78, 5) is 17.2. The molecule has 0 radical (unpaired) electrons. The topological polar surface area (TPSA) is 88.7 Å². The van der Waals surface area contributed by atoms with Crippen molar-refractivity contribution in [3.8, 4) is 11.4 Å². The lowest BCUT2D eigenvalue weighted by Crippen LogP contribution is -2.52. The van der Waals surface area contributed by atoms with Crippen LogP contribution in [-0.2, 0) is 16.7 Å². The van der Waals surface area contributed by atoms with Crippen LogP contribution >= 0.6 is 0 Å². The molecule has 176 valence electrons. The number of rotatable bonds is 7. The highest BCUT2D eigenvalue weighted by Gasteiger charge is 2.33. The third-order valence-corrected chi connectivity index (χ3v) is 6.69. The number of allylic oxidation sites excluding steroid dienone is 1. The van der Waals surface area contributed by atoms with Gasteiger partial charge in [-0.2, -0.15) is 4.98 Å². The van der Waals surface area contributed by atoms with Crippen molar-refractivity contribution in [2.45, 2.75) is 43.7 Å². The van der Waals surface area contributed by atoms with Crippen LogP contribution in [0, 0.1) is 5.82 Å². The minimum atomic E-state index is -1.23. The minimum absolute atomic E-state index is 0.205. The van der Waals surface area contributed by atoms with Crippen LogP contribution in [-0.4, -0.2) is 45.5 Å². The van der Waals surface area contributed by atoms with Crippen LogP contribution in [0.1, 0.15) is 42.7 Å². The predicted octanol–water partition coefficient (Wildman–Crippen LogP) is 5.28. The van der Waals surface area contributed by atoms with E-state index in [0.717, 1.165) is 48.9 Å². The summed E-state index contributed by atoms with van der Waals surface area (Å²) >= 11 is 0. The van der Waals surface area contributed by atoms with Gasteiger partial charge in [0.05, 0.1) is 0 Å². The molecule has 1 aromatic heterocycles. The number of hydrogen-bond donors (Lipinski definition) is 1. The maximum Gasteiger partial charge on any atom is 0.506 e.